The first-order valence-corrected chi connectivity index (χ1v) is 5.96. The van der Waals surface area contributed by atoms with Crippen molar-refractivity contribution >= 4 is 37.8 Å². The van der Waals surface area contributed by atoms with Gasteiger partial charge >= 0.3 is 0 Å². The second-order valence-electron chi connectivity index (χ2n) is 3.30. The van der Waals surface area contributed by atoms with Crippen LogP contribution in [-0.2, 0) is 0 Å². The third-order valence-corrected chi connectivity index (χ3v) is 2.59. The Kier molecular flexibility index (Phi) is 4.54. The largest absolute Gasteiger partial charge is 0.348 e. The van der Waals surface area contributed by atoms with Crippen molar-refractivity contribution in [2.45, 2.75) is 6.92 Å². The van der Waals surface area contributed by atoms with Gasteiger partial charge < -0.3 is 5.32 Å². The lowest BCUT2D eigenvalue weighted by Gasteiger charge is -2.05. The topological polar surface area (TPSA) is 29.1 Å². The van der Waals surface area contributed by atoms with Crippen LogP contribution < -0.4 is 5.32 Å². The molecular formula is C11H11Br2NO. The van der Waals surface area contributed by atoms with E-state index in [0.29, 0.717) is 12.1 Å². The number of rotatable bonds is 3. The molecular weight excluding hydrogens is 322 g/mol. The number of benzene rings is 1. The van der Waals surface area contributed by atoms with Gasteiger partial charge in [0.1, 0.15) is 0 Å². The molecule has 4 heteroatoms. The summed E-state index contributed by atoms with van der Waals surface area (Å²) in [6, 6.07) is 5.44. The molecule has 1 N–H and O–H groups in total. The molecule has 0 saturated carbocycles. The molecule has 1 rings (SSSR count). The van der Waals surface area contributed by atoms with Gasteiger partial charge in [-0.05, 0) is 25.1 Å². The second-order valence-corrected chi connectivity index (χ2v) is 5.13. The number of carbonyl (C=O) groups is 1. The average Bonchev–Trinajstić information content (AvgIpc) is 2.12. The molecule has 0 bridgehead atoms. The minimum absolute atomic E-state index is 0.0972. The molecule has 0 spiro atoms. The normalized spacial score (nSPS) is 9.80. The van der Waals surface area contributed by atoms with Crippen molar-refractivity contribution in [3.05, 3.63) is 44.9 Å². The first kappa shape index (κ1) is 12.5. The fourth-order valence-corrected chi connectivity index (χ4v) is 2.31. The van der Waals surface area contributed by atoms with Crippen molar-refractivity contribution in [1.82, 2.24) is 5.32 Å². The van der Waals surface area contributed by atoms with Crippen molar-refractivity contribution in [2.75, 3.05) is 6.54 Å². The van der Waals surface area contributed by atoms with E-state index in [1.807, 2.05) is 13.0 Å². The summed E-state index contributed by atoms with van der Waals surface area (Å²) in [5, 5.41) is 2.77. The first-order chi connectivity index (χ1) is 6.99. The van der Waals surface area contributed by atoms with E-state index in [4.69, 9.17) is 0 Å². The average molecular weight is 333 g/mol. The summed E-state index contributed by atoms with van der Waals surface area (Å²) in [5.41, 5.74) is 1.55. The lowest BCUT2D eigenvalue weighted by Crippen LogP contribution is -2.24. The summed E-state index contributed by atoms with van der Waals surface area (Å²) in [5.74, 6) is -0.0972. The molecule has 0 atom stereocenters. The van der Waals surface area contributed by atoms with Crippen molar-refractivity contribution in [3.63, 3.8) is 0 Å². The first-order valence-electron chi connectivity index (χ1n) is 4.37. The number of hydrogen-bond donors (Lipinski definition) is 1. The lowest BCUT2D eigenvalue weighted by atomic mass is 10.2. The van der Waals surface area contributed by atoms with Gasteiger partial charge in [0.2, 0.25) is 0 Å². The van der Waals surface area contributed by atoms with E-state index in [9.17, 15) is 4.79 Å². The fraction of sp³-hybridized carbons (Fsp3) is 0.182. The SMILES string of the molecule is C=C(C)CNC(=O)c1cc(Br)cc(Br)c1. The van der Waals surface area contributed by atoms with Crippen molar-refractivity contribution < 1.29 is 4.79 Å². The maximum atomic E-state index is 11.7. The quantitative estimate of drug-likeness (QED) is 0.843. The van der Waals surface area contributed by atoms with Crippen molar-refractivity contribution in [1.29, 1.82) is 0 Å². The number of halogens is 2. The molecule has 15 heavy (non-hydrogen) atoms. The Morgan fingerprint density at radius 3 is 2.33 bits per heavy atom. The molecule has 1 amide bonds. The van der Waals surface area contributed by atoms with E-state index >= 15 is 0 Å². The van der Waals surface area contributed by atoms with Crippen LogP contribution in [0.1, 0.15) is 17.3 Å². The van der Waals surface area contributed by atoms with Gasteiger partial charge in [-0.1, -0.05) is 44.0 Å². The predicted molar refractivity (Wildman–Crippen MR) is 69.0 cm³/mol. The molecule has 0 aliphatic heterocycles. The van der Waals surface area contributed by atoms with Gasteiger partial charge in [0.05, 0.1) is 0 Å². The number of nitrogens with one attached hydrogen (secondary N) is 1. The van der Waals surface area contributed by atoms with Crippen LogP contribution in [0.5, 0.6) is 0 Å². The molecule has 1 aromatic carbocycles. The Bertz CT molecular complexity index is 381. The third-order valence-electron chi connectivity index (χ3n) is 1.68. The highest BCUT2D eigenvalue weighted by Crippen LogP contribution is 2.19. The number of amides is 1. The minimum atomic E-state index is -0.0972. The maximum absolute atomic E-state index is 11.7. The predicted octanol–water partition coefficient (Wildman–Crippen LogP) is 3.52. The standard InChI is InChI=1S/C11H11Br2NO/c1-7(2)6-14-11(15)8-3-9(12)5-10(13)4-8/h3-5H,1,6H2,2H3,(H,14,15). The molecule has 0 aliphatic carbocycles. The van der Waals surface area contributed by atoms with Gasteiger partial charge in [0.15, 0.2) is 0 Å². The molecule has 1 aromatic rings. The Morgan fingerprint density at radius 2 is 1.87 bits per heavy atom. The molecule has 0 saturated heterocycles. The monoisotopic (exact) mass is 331 g/mol. The Labute approximate surface area is 106 Å². The van der Waals surface area contributed by atoms with Crippen molar-refractivity contribution in [3.8, 4) is 0 Å². The maximum Gasteiger partial charge on any atom is 0.251 e. The fourth-order valence-electron chi connectivity index (χ4n) is 1.02. The summed E-state index contributed by atoms with van der Waals surface area (Å²) < 4.78 is 1.75. The highest BCUT2D eigenvalue weighted by molar-refractivity contribution is 9.11. The number of hydrogen-bond acceptors (Lipinski definition) is 1. The molecule has 0 radical (unpaired) electrons. The van der Waals surface area contributed by atoms with E-state index in [2.05, 4.69) is 43.8 Å². The van der Waals surface area contributed by atoms with Crippen LogP contribution in [-0.4, -0.2) is 12.5 Å². The number of carbonyl (C=O) groups excluding carboxylic acids is 1. The summed E-state index contributed by atoms with van der Waals surface area (Å²) in [4.78, 5) is 11.7. The van der Waals surface area contributed by atoms with Gasteiger partial charge in [-0.3, -0.25) is 4.79 Å². The lowest BCUT2D eigenvalue weighted by molar-refractivity contribution is 0.0957. The third kappa shape index (κ3) is 4.18. The molecule has 0 unspecified atom stereocenters. The molecule has 0 heterocycles. The van der Waals surface area contributed by atoms with Gasteiger partial charge in [0.25, 0.3) is 5.91 Å². The highest BCUT2D eigenvalue weighted by atomic mass is 79.9. The summed E-state index contributed by atoms with van der Waals surface area (Å²) >= 11 is 6.67. The zero-order valence-corrected chi connectivity index (χ0v) is 11.5. The van der Waals surface area contributed by atoms with Crippen LogP contribution in [0.25, 0.3) is 0 Å². The zero-order chi connectivity index (χ0) is 11.4. The van der Waals surface area contributed by atoms with E-state index < -0.39 is 0 Å². The second kappa shape index (κ2) is 5.47. The van der Waals surface area contributed by atoms with Gasteiger partial charge in [-0.25, -0.2) is 0 Å². The summed E-state index contributed by atoms with van der Waals surface area (Å²) in [7, 11) is 0. The summed E-state index contributed by atoms with van der Waals surface area (Å²) in [6.07, 6.45) is 0. The van der Waals surface area contributed by atoms with Crippen LogP contribution >= 0.6 is 31.9 Å². The molecule has 0 aliphatic rings. The van der Waals surface area contributed by atoms with E-state index in [1.54, 1.807) is 12.1 Å². The van der Waals surface area contributed by atoms with Crippen LogP contribution in [0.3, 0.4) is 0 Å². The Balaban J connectivity index is 2.77. The molecule has 0 aromatic heterocycles. The summed E-state index contributed by atoms with van der Waals surface area (Å²) in [6.45, 7) is 6.10. The van der Waals surface area contributed by atoms with Gasteiger partial charge in [0, 0.05) is 21.1 Å². The molecule has 0 fully saturated rings. The molecule has 2 nitrogen and oxygen atoms in total. The van der Waals surface area contributed by atoms with Gasteiger partial charge in [-0.2, -0.15) is 0 Å². The zero-order valence-electron chi connectivity index (χ0n) is 8.31. The Morgan fingerprint density at radius 1 is 1.33 bits per heavy atom. The van der Waals surface area contributed by atoms with E-state index in [-0.39, 0.29) is 5.91 Å². The highest BCUT2D eigenvalue weighted by Gasteiger charge is 2.06. The van der Waals surface area contributed by atoms with Crippen LogP contribution in [0, 0.1) is 0 Å². The van der Waals surface area contributed by atoms with Crippen LogP contribution in [0.2, 0.25) is 0 Å². The van der Waals surface area contributed by atoms with Gasteiger partial charge in [-0.15, -0.1) is 0 Å². The smallest absolute Gasteiger partial charge is 0.251 e. The van der Waals surface area contributed by atoms with Crippen LogP contribution in [0.15, 0.2) is 39.3 Å². The van der Waals surface area contributed by atoms with Crippen molar-refractivity contribution in [2.24, 2.45) is 0 Å². The molecule has 80 valence electrons. The minimum Gasteiger partial charge on any atom is -0.348 e. The van der Waals surface area contributed by atoms with E-state index in [0.717, 1.165) is 14.5 Å². The Hall–Kier alpha value is -0.610. The van der Waals surface area contributed by atoms with Crippen LogP contribution in [0.4, 0.5) is 0 Å². The van der Waals surface area contributed by atoms with E-state index in [1.165, 1.54) is 0 Å².